The molecule has 0 radical (unpaired) electrons. The summed E-state index contributed by atoms with van der Waals surface area (Å²) in [5.74, 6) is -4.94. The van der Waals surface area contributed by atoms with E-state index in [0.29, 0.717) is 17.4 Å². The van der Waals surface area contributed by atoms with Gasteiger partial charge in [0, 0.05) is 37.5 Å². The quantitative estimate of drug-likeness (QED) is 0.497. The van der Waals surface area contributed by atoms with Gasteiger partial charge in [-0.3, -0.25) is 4.79 Å². The zero-order valence-corrected chi connectivity index (χ0v) is 18.4. The lowest BCUT2D eigenvalue weighted by Gasteiger charge is -2.27. The first-order valence-electron chi connectivity index (χ1n) is 10.0. The maximum absolute atomic E-state index is 14.6. The maximum atomic E-state index is 14.6. The van der Waals surface area contributed by atoms with Gasteiger partial charge in [0.25, 0.3) is 11.8 Å². The van der Waals surface area contributed by atoms with Gasteiger partial charge in [0.1, 0.15) is 17.6 Å². The average molecular weight is 501 g/mol. The Morgan fingerprint density at radius 3 is 2.56 bits per heavy atom. The molecule has 13 heteroatoms. The first-order chi connectivity index (χ1) is 16.0. The van der Waals surface area contributed by atoms with E-state index in [1.807, 2.05) is 0 Å². The number of thiazole rings is 1. The molecular formula is C21H17F6N5OS. The molecule has 4 rings (SSSR count). The van der Waals surface area contributed by atoms with Crippen molar-refractivity contribution in [3.8, 4) is 10.4 Å². The second-order valence-corrected chi connectivity index (χ2v) is 8.79. The van der Waals surface area contributed by atoms with Gasteiger partial charge in [0.15, 0.2) is 0 Å². The second-order valence-electron chi connectivity index (χ2n) is 7.59. The summed E-state index contributed by atoms with van der Waals surface area (Å²) in [6, 6.07) is 4.13. The third-order valence-corrected chi connectivity index (χ3v) is 6.30. The Morgan fingerprint density at radius 2 is 1.91 bits per heavy atom. The summed E-state index contributed by atoms with van der Waals surface area (Å²) in [4.78, 5) is 25.6. The van der Waals surface area contributed by atoms with E-state index in [4.69, 9.17) is 0 Å². The number of hydrogen-bond acceptors (Lipinski definition) is 6. The van der Waals surface area contributed by atoms with Gasteiger partial charge < -0.3 is 10.2 Å². The molecule has 1 fully saturated rings. The number of carbonyl (C=O) groups excluding carboxylic acids is 1. The molecule has 0 bridgehead atoms. The number of nitrogens with zero attached hydrogens (tertiary/aromatic N) is 4. The van der Waals surface area contributed by atoms with E-state index in [-0.39, 0.29) is 28.6 Å². The summed E-state index contributed by atoms with van der Waals surface area (Å²) < 4.78 is 81.6. The summed E-state index contributed by atoms with van der Waals surface area (Å²) in [6.45, 7) is 0.826. The minimum absolute atomic E-state index is 0.134. The summed E-state index contributed by atoms with van der Waals surface area (Å²) >= 11 is 1.07. The van der Waals surface area contributed by atoms with Crippen molar-refractivity contribution < 1.29 is 31.1 Å². The molecule has 1 N–H and O–H groups in total. The van der Waals surface area contributed by atoms with Crippen LogP contribution in [0, 0.1) is 12.7 Å². The number of halogens is 6. The monoisotopic (exact) mass is 501 g/mol. The van der Waals surface area contributed by atoms with Crippen LogP contribution in [0.2, 0.25) is 0 Å². The first kappa shape index (κ1) is 23.9. The topological polar surface area (TPSA) is 71.0 Å². The highest BCUT2D eigenvalue weighted by atomic mass is 32.1. The summed E-state index contributed by atoms with van der Waals surface area (Å²) in [6.07, 6.45) is -4.19. The zero-order valence-electron chi connectivity index (χ0n) is 17.5. The molecule has 1 atom stereocenters. The fourth-order valence-corrected chi connectivity index (χ4v) is 4.55. The van der Waals surface area contributed by atoms with Gasteiger partial charge in [0.2, 0.25) is 5.95 Å². The van der Waals surface area contributed by atoms with E-state index in [9.17, 15) is 31.1 Å². The molecule has 0 saturated carbocycles. The van der Waals surface area contributed by atoms with E-state index < -0.39 is 48.4 Å². The lowest BCUT2D eigenvalue weighted by Crippen LogP contribution is -2.47. The number of aryl methyl sites for hydroxylation is 1. The number of hydrogen-bond donors (Lipinski definition) is 1. The number of anilines is 1. The SMILES string of the molecule is Cc1nc(C(=O)N2CCC(F)(F)C2CNc2ncc(C(F)(F)F)cn2)c(-c2ccccc2F)s1. The number of nitrogens with one attached hydrogen (secondary N) is 1. The Balaban J connectivity index is 1.57. The van der Waals surface area contributed by atoms with Gasteiger partial charge in [-0.1, -0.05) is 18.2 Å². The van der Waals surface area contributed by atoms with Crippen LogP contribution in [-0.4, -0.2) is 50.8 Å². The van der Waals surface area contributed by atoms with Crippen LogP contribution in [0.4, 0.5) is 32.3 Å². The molecule has 1 aliphatic heterocycles. The molecule has 1 unspecified atom stereocenters. The predicted molar refractivity (Wildman–Crippen MR) is 112 cm³/mol. The molecule has 3 aromatic rings. The van der Waals surface area contributed by atoms with Crippen LogP contribution in [0.15, 0.2) is 36.7 Å². The second kappa shape index (κ2) is 8.85. The van der Waals surface area contributed by atoms with Gasteiger partial charge in [0.05, 0.1) is 15.4 Å². The summed E-state index contributed by atoms with van der Waals surface area (Å²) in [5, 5.41) is 2.94. The molecule has 1 aromatic carbocycles. The first-order valence-corrected chi connectivity index (χ1v) is 10.8. The third-order valence-electron chi connectivity index (χ3n) is 5.30. The van der Waals surface area contributed by atoms with E-state index in [1.54, 1.807) is 13.0 Å². The van der Waals surface area contributed by atoms with E-state index >= 15 is 0 Å². The molecule has 6 nitrogen and oxygen atoms in total. The molecule has 34 heavy (non-hydrogen) atoms. The molecule has 1 saturated heterocycles. The van der Waals surface area contributed by atoms with Gasteiger partial charge in [-0.05, 0) is 13.0 Å². The van der Waals surface area contributed by atoms with E-state index in [2.05, 4.69) is 20.3 Å². The normalized spacial score (nSPS) is 17.7. The Kier molecular flexibility index (Phi) is 6.23. The molecule has 1 aliphatic rings. The Labute approximate surface area is 193 Å². The molecule has 3 heterocycles. The number of rotatable bonds is 5. The summed E-state index contributed by atoms with van der Waals surface area (Å²) in [5.41, 5.74) is -1.09. The maximum Gasteiger partial charge on any atom is 0.419 e. The Morgan fingerprint density at radius 1 is 1.24 bits per heavy atom. The van der Waals surface area contributed by atoms with Gasteiger partial charge in [-0.25, -0.2) is 28.1 Å². The fraction of sp³-hybridized carbons (Fsp3) is 0.333. The number of aromatic nitrogens is 3. The number of amides is 1. The smallest absolute Gasteiger partial charge is 0.352 e. The minimum atomic E-state index is -4.64. The van der Waals surface area contributed by atoms with Crippen molar-refractivity contribution in [3.05, 3.63) is 58.7 Å². The lowest BCUT2D eigenvalue weighted by atomic mass is 10.1. The number of carbonyl (C=O) groups is 1. The van der Waals surface area contributed by atoms with Crippen molar-refractivity contribution >= 4 is 23.2 Å². The lowest BCUT2D eigenvalue weighted by molar-refractivity contribution is -0.138. The largest absolute Gasteiger partial charge is 0.419 e. The van der Waals surface area contributed by atoms with Crippen LogP contribution >= 0.6 is 11.3 Å². The predicted octanol–water partition coefficient (Wildman–Crippen LogP) is 5.03. The van der Waals surface area contributed by atoms with Gasteiger partial charge >= 0.3 is 6.18 Å². The fourth-order valence-electron chi connectivity index (χ4n) is 3.61. The van der Waals surface area contributed by atoms with Crippen LogP contribution in [0.25, 0.3) is 10.4 Å². The van der Waals surface area contributed by atoms with Gasteiger partial charge in [-0.15, -0.1) is 11.3 Å². The number of alkyl halides is 5. The van der Waals surface area contributed by atoms with E-state index in [1.165, 1.54) is 18.2 Å². The average Bonchev–Trinajstić information content (AvgIpc) is 3.30. The van der Waals surface area contributed by atoms with Gasteiger partial charge in [-0.2, -0.15) is 13.2 Å². The van der Waals surface area contributed by atoms with Crippen molar-refractivity contribution in [2.45, 2.75) is 31.5 Å². The molecule has 1 amide bonds. The molecule has 2 aromatic heterocycles. The highest BCUT2D eigenvalue weighted by molar-refractivity contribution is 7.15. The summed E-state index contributed by atoms with van der Waals surface area (Å²) in [7, 11) is 0. The van der Waals surface area contributed by atoms with Crippen LogP contribution in [0.1, 0.15) is 27.5 Å². The minimum Gasteiger partial charge on any atom is -0.352 e. The van der Waals surface area contributed by atoms with Crippen molar-refractivity contribution in [1.29, 1.82) is 0 Å². The number of likely N-dealkylation sites (tertiary alicyclic amines) is 1. The zero-order chi connectivity index (χ0) is 24.7. The Hall–Kier alpha value is -3.22. The highest BCUT2D eigenvalue weighted by Gasteiger charge is 2.51. The van der Waals surface area contributed by atoms with Crippen molar-refractivity contribution in [2.75, 3.05) is 18.4 Å². The highest BCUT2D eigenvalue weighted by Crippen LogP contribution is 2.38. The molecule has 180 valence electrons. The van der Waals surface area contributed by atoms with Crippen molar-refractivity contribution in [2.24, 2.45) is 0 Å². The van der Waals surface area contributed by atoms with Crippen molar-refractivity contribution in [1.82, 2.24) is 19.9 Å². The molecule has 0 spiro atoms. The van der Waals surface area contributed by atoms with Crippen LogP contribution in [0.3, 0.4) is 0 Å². The molecule has 0 aliphatic carbocycles. The Bertz CT molecular complexity index is 1200. The molecular weight excluding hydrogens is 484 g/mol. The number of benzene rings is 1. The standard InChI is InChI=1S/C21H17F6N5OS/c1-11-31-16(17(34-11)13-4-2-3-5-14(13)22)18(33)32-7-6-20(23,24)15(32)10-30-19-28-8-12(9-29-19)21(25,26)27/h2-5,8-9,15H,6-7,10H2,1H3,(H,28,29,30). The van der Waals surface area contributed by atoms with Crippen LogP contribution < -0.4 is 5.32 Å². The van der Waals surface area contributed by atoms with Crippen LogP contribution in [0.5, 0.6) is 0 Å². The van der Waals surface area contributed by atoms with Crippen molar-refractivity contribution in [3.63, 3.8) is 0 Å². The van der Waals surface area contributed by atoms with Crippen LogP contribution in [-0.2, 0) is 6.18 Å². The third kappa shape index (κ3) is 4.69. The van der Waals surface area contributed by atoms with E-state index in [0.717, 1.165) is 16.2 Å².